The number of carbonyl (C=O) groups excluding carboxylic acids is 8. The highest BCUT2D eigenvalue weighted by atomic mass is 16.6. The van der Waals surface area contributed by atoms with Crippen LogP contribution >= 0.6 is 0 Å². The van der Waals surface area contributed by atoms with E-state index < -0.39 is 0 Å². The third-order valence-corrected chi connectivity index (χ3v) is 30.1. The van der Waals surface area contributed by atoms with Crippen molar-refractivity contribution in [2.24, 2.45) is 164 Å². The summed E-state index contributed by atoms with van der Waals surface area (Å²) in [6.45, 7) is 26.5. The smallest absolute Gasteiger partial charge is 0.312 e. The fraction of sp³-hybridized carbons (Fsp3) is 0.884. The zero-order valence-corrected chi connectivity index (χ0v) is 52.8. The van der Waals surface area contributed by atoms with E-state index in [-0.39, 0.29) is 149 Å². The van der Waals surface area contributed by atoms with Gasteiger partial charge in [-0.25, -0.2) is 0 Å². The Labute approximate surface area is 506 Å². The summed E-state index contributed by atoms with van der Waals surface area (Å²) in [4.78, 5) is 91.6. The highest BCUT2D eigenvalue weighted by molar-refractivity contribution is 5.86. The van der Waals surface area contributed by atoms with Crippen LogP contribution < -0.4 is 0 Å². The van der Waals surface area contributed by atoms with Gasteiger partial charge in [-0.05, 0) is 160 Å². The van der Waals surface area contributed by atoms with Crippen molar-refractivity contribution in [3.05, 3.63) is 0 Å². The molecular weight excluding hydrogens is 1100 g/mol. The molecule has 21 aliphatic rings. The highest BCUT2D eigenvalue weighted by Crippen LogP contribution is 2.69. The van der Waals surface area contributed by atoms with Crippen molar-refractivity contribution in [3.63, 3.8) is 0 Å². The molecule has 14 bridgehead atoms. The summed E-state index contributed by atoms with van der Waals surface area (Å²) >= 11 is 0. The lowest BCUT2D eigenvalue weighted by atomic mass is 9.69. The molecule has 21 fully saturated rings. The van der Waals surface area contributed by atoms with Gasteiger partial charge in [0.05, 0.1) is 60.1 Å². The van der Waals surface area contributed by atoms with Crippen molar-refractivity contribution in [1.82, 2.24) is 0 Å². The van der Waals surface area contributed by atoms with Crippen LogP contribution in [-0.4, -0.2) is 109 Å². The first-order valence-electron chi connectivity index (χ1n) is 33.8. The molecule has 0 amide bonds. The van der Waals surface area contributed by atoms with E-state index in [0.717, 1.165) is 62.7 Å². The Morgan fingerprint density at radius 2 is 1.09 bits per heavy atom. The van der Waals surface area contributed by atoms with Crippen molar-refractivity contribution in [2.75, 3.05) is 7.11 Å². The summed E-state index contributed by atoms with van der Waals surface area (Å²) < 4.78 is 47.9. The number of hydrogen-bond acceptors (Lipinski definition) is 17. The number of ether oxygens (including phenoxy) is 9. The van der Waals surface area contributed by atoms with Crippen molar-refractivity contribution in [3.8, 4) is 0 Å². The largest absolute Gasteiger partial charge is 0.469 e. The van der Waals surface area contributed by atoms with Gasteiger partial charge < -0.3 is 42.6 Å². The van der Waals surface area contributed by atoms with E-state index in [9.17, 15) is 38.4 Å². The number of fused-ring (bicyclic) bond motifs is 7. The van der Waals surface area contributed by atoms with Gasteiger partial charge in [-0.2, -0.15) is 0 Å². The Balaban J connectivity index is 0.0000000849. The molecule has 9 aliphatic heterocycles. The first kappa shape index (κ1) is 58.1. The minimum absolute atomic E-state index is 0.0353. The molecule has 0 N–H and O–H groups in total. The van der Waals surface area contributed by atoms with E-state index in [1.54, 1.807) is 0 Å². The molecule has 0 spiro atoms. The number of methoxy groups -OCH3 is 1. The monoisotopic (exact) mass is 1190 g/mol. The van der Waals surface area contributed by atoms with Crippen molar-refractivity contribution < 1.29 is 81.0 Å². The maximum Gasteiger partial charge on any atom is 0.312 e. The summed E-state index contributed by atoms with van der Waals surface area (Å²) in [6, 6.07) is 0. The van der Waals surface area contributed by atoms with Gasteiger partial charge in [-0.3, -0.25) is 38.4 Å². The van der Waals surface area contributed by atoms with Crippen molar-refractivity contribution >= 4 is 47.8 Å². The Morgan fingerprint density at radius 3 is 1.70 bits per heavy atom. The van der Waals surface area contributed by atoms with Gasteiger partial charge in [0, 0.05) is 41.4 Å². The van der Waals surface area contributed by atoms with Crippen LogP contribution in [0.2, 0.25) is 0 Å². The topological polar surface area (TPSA) is 220 Å². The van der Waals surface area contributed by atoms with Crippen molar-refractivity contribution in [1.29, 1.82) is 0 Å². The second kappa shape index (κ2) is 19.4. The predicted molar refractivity (Wildman–Crippen MR) is 302 cm³/mol. The first-order chi connectivity index (χ1) is 40.6. The Kier molecular flexibility index (Phi) is 13.1. The lowest BCUT2D eigenvalue weighted by molar-refractivity contribution is -0.153. The molecule has 0 aromatic carbocycles. The van der Waals surface area contributed by atoms with Gasteiger partial charge in [-0.1, -0.05) is 69.2 Å². The predicted octanol–water partition coefficient (Wildman–Crippen LogP) is 8.76. The standard InChI is InChI=1S/C11H14O4.C11H16O2.3C10H14O2.C9H12O2.C8H10O3/c1-4-5-3-6-8(7(5)10(12)14-2)11(13)15-9(4)6;1-5-7-4-6-8(11(7,2)3)9(5)13-10(6)12;1-5-8-6-3-10(5,2)4-7(6)9(11)12-8;1-5-6-3-7-8(4-6)12-9(11)10(5,7)2;1-5-6-3-7-8(4-6)10(5,2)12-9(7)11;1-4-5-2-6-7(3-5)11-9(10)8(4)6;1-3-5-2-4-7(10-5)6(3)11-8(4)9/h4-9H,3H2,1-2H3;5-9H,4H2,1-3H3;3*5-8H,3-4H2,1-2H3;4-8H,2-3H2,1H3;3-7H,2H2,1H3. The molecule has 0 aromatic rings. The number of esters is 8. The van der Waals surface area contributed by atoms with E-state index in [1.807, 2.05) is 0 Å². The summed E-state index contributed by atoms with van der Waals surface area (Å²) in [5.41, 5.74) is 0.533. The second-order valence-corrected chi connectivity index (χ2v) is 33.2. The molecular formula is C69H94O17. The fourth-order valence-electron chi connectivity index (χ4n) is 24.8. The Bertz CT molecular complexity index is 2910. The lowest BCUT2D eigenvalue weighted by Gasteiger charge is -2.32. The normalized spacial score (nSPS) is 57.8. The van der Waals surface area contributed by atoms with Gasteiger partial charge in [-0.15, -0.1) is 0 Å². The number of rotatable bonds is 1. The third kappa shape index (κ3) is 7.73. The van der Waals surface area contributed by atoms with Crippen LogP contribution in [0.1, 0.15) is 154 Å². The van der Waals surface area contributed by atoms with Gasteiger partial charge in [0.25, 0.3) is 0 Å². The second-order valence-electron chi connectivity index (χ2n) is 33.2. The van der Waals surface area contributed by atoms with Crippen LogP contribution in [-0.2, 0) is 81.0 Å². The molecule has 9 heterocycles. The quantitative estimate of drug-likeness (QED) is 0.177. The SMILES string of the molecule is CC1C2CC3C(=O)OC1(C)C3C2.CC1C2CC3C(=O)OC1C3O2.CC1C2CC3OC(=O)C1(C)C3C2.CC1C2CC3OC(=O)C1C3C2.CC1C2OC(=O)C3CC1(C)CC32.CC1C2OC(=O)C3CC1C(C)(C)C32.COC(=O)C1C2CC3C(OC(=O)C31)C2C. The highest BCUT2D eigenvalue weighted by Gasteiger charge is 2.72. The maximum atomic E-state index is 11.7. The van der Waals surface area contributed by atoms with Crippen LogP contribution in [0.4, 0.5) is 0 Å². The molecule has 36 unspecified atom stereocenters. The molecule has 0 aromatic heterocycles. The molecule has 12 aliphatic carbocycles. The first-order valence-corrected chi connectivity index (χ1v) is 33.8. The summed E-state index contributed by atoms with van der Waals surface area (Å²) in [7, 11) is 1.39. The molecule has 17 nitrogen and oxygen atoms in total. The van der Waals surface area contributed by atoms with Crippen LogP contribution in [0.25, 0.3) is 0 Å². The zero-order chi connectivity index (χ0) is 60.8. The molecule has 12 saturated carbocycles. The molecule has 86 heavy (non-hydrogen) atoms. The van der Waals surface area contributed by atoms with Crippen LogP contribution in [0, 0.1) is 164 Å². The average molecular weight is 1200 g/mol. The fourth-order valence-corrected chi connectivity index (χ4v) is 24.8. The van der Waals surface area contributed by atoms with Crippen LogP contribution in [0.3, 0.4) is 0 Å². The Hall–Kier alpha value is -4.28. The van der Waals surface area contributed by atoms with E-state index in [2.05, 4.69) is 83.1 Å². The molecule has 0 radical (unpaired) electrons. The van der Waals surface area contributed by atoms with Gasteiger partial charge in [0.2, 0.25) is 0 Å². The summed E-state index contributed by atoms with van der Waals surface area (Å²) in [5.74, 6) is 10.6. The summed E-state index contributed by atoms with van der Waals surface area (Å²) in [5, 5.41) is 0. The van der Waals surface area contributed by atoms with Crippen molar-refractivity contribution in [2.45, 2.75) is 208 Å². The number of hydrogen-bond donors (Lipinski definition) is 0. The maximum absolute atomic E-state index is 11.7. The lowest BCUT2D eigenvalue weighted by Crippen LogP contribution is -2.37. The minimum Gasteiger partial charge on any atom is -0.469 e. The zero-order valence-electron chi connectivity index (χ0n) is 52.8. The van der Waals surface area contributed by atoms with Crippen LogP contribution in [0.5, 0.6) is 0 Å². The minimum atomic E-state index is -0.249. The van der Waals surface area contributed by atoms with Gasteiger partial charge in [0.1, 0.15) is 48.3 Å². The van der Waals surface area contributed by atoms with E-state index in [4.69, 9.17) is 42.6 Å². The van der Waals surface area contributed by atoms with Crippen LogP contribution in [0.15, 0.2) is 0 Å². The van der Waals surface area contributed by atoms with E-state index in [1.165, 1.54) is 32.8 Å². The van der Waals surface area contributed by atoms with Gasteiger partial charge in [0.15, 0.2) is 0 Å². The summed E-state index contributed by atoms with van der Waals surface area (Å²) in [6.07, 6.45) is 13.9. The van der Waals surface area contributed by atoms with E-state index >= 15 is 0 Å². The third-order valence-electron chi connectivity index (χ3n) is 30.1. The Morgan fingerprint density at radius 1 is 0.442 bits per heavy atom. The molecule has 21 rings (SSSR count). The average Bonchev–Trinajstić information content (AvgIpc) is 1.74. The molecule has 472 valence electrons. The molecule has 36 atom stereocenters. The van der Waals surface area contributed by atoms with E-state index in [0.29, 0.717) is 100.0 Å². The number of carbonyl (C=O) groups is 8. The van der Waals surface area contributed by atoms with Gasteiger partial charge >= 0.3 is 47.8 Å². The molecule has 17 heteroatoms. The molecule has 9 saturated heterocycles.